The van der Waals surface area contributed by atoms with E-state index in [0.29, 0.717) is 54.3 Å². The van der Waals surface area contributed by atoms with Crippen LogP contribution < -0.4 is 4.74 Å². The summed E-state index contributed by atoms with van der Waals surface area (Å²) in [5.74, 6) is 0.0742. The van der Waals surface area contributed by atoms with Crippen molar-refractivity contribution in [2.24, 2.45) is 0 Å². The van der Waals surface area contributed by atoms with Crippen LogP contribution in [0.25, 0.3) is 21.8 Å². The Morgan fingerprint density at radius 2 is 1.38 bits per heavy atom. The zero-order valence-corrected chi connectivity index (χ0v) is 30.4. The molecule has 48 heavy (non-hydrogen) atoms. The van der Waals surface area contributed by atoms with Gasteiger partial charge in [-0.3, -0.25) is 14.9 Å². The van der Waals surface area contributed by atoms with Gasteiger partial charge < -0.3 is 4.74 Å². The van der Waals surface area contributed by atoms with Crippen molar-refractivity contribution >= 4 is 59.6 Å². The molecule has 2 aromatic heterocycles. The first kappa shape index (κ1) is 35.8. The minimum Gasteiger partial charge on any atom is -0.492 e. The second-order valence-electron chi connectivity index (χ2n) is 12.7. The van der Waals surface area contributed by atoms with Gasteiger partial charge in [0.1, 0.15) is 22.6 Å². The molecule has 254 valence electrons. The fourth-order valence-electron chi connectivity index (χ4n) is 5.36. The van der Waals surface area contributed by atoms with Crippen LogP contribution in [0.3, 0.4) is 0 Å². The number of hydrogen-bond acceptors (Lipinski definition) is 8. The molecule has 0 atom stereocenters. The van der Waals surface area contributed by atoms with Crippen LogP contribution in [-0.4, -0.2) is 76.9 Å². The van der Waals surface area contributed by atoms with Crippen molar-refractivity contribution in [3.63, 3.8) is 0 Å². The van der Waals surface area contributed by atoms with E-state index >= 15 is 0 Å². The molecule has 1 aliphatic rings. The van der Waals surface area contributed by atoms with Crippen LogP contribution >= 0.6 is 10.7 Å². The SMILES string of the molecule is C[Si](C)(C)CCOc1ccc(S(=O)(=O)N2CCN(Cc3ccccc3)CC2)c2cccnc12.O=S(=O)(Cl)c1ccc(F)c2ncccc12. The van der Waals surface area contributed by atoms with Crippen molar-refractivity contribution in [2.75, 3.05) is 32.8 Å². The van der Waals surface area contributed by atoms with Gasteiger partial charge in [-0.05, 0) is 60.1 Å². The van der Waals surface area contributed by atoms with Gasteiger partial charge in [0.25, 0.3) is 9.05 Å². The number of pyridine rings is 2. The highest BCUT2D eigenvalue weighted by atomic mass is 35.7. The second-order valence-corrected chi connectivity index (χ2v) is 22.7. The van der Waals surface area contributed by atoms with Gasteiger partial charge in [0, 0.05) is 74.6 Å². The van der Waals surface area contributed by atoms with Crippen LogP contribution in [0, 0.1) is 5.82 Å². The first-order chi connectivity index (χ1) is 22.7. The summed E-state index contributed by atoms with van der Waals surface area (Å²) < 4.78 is 70.4. The third-order valence-electron chi connectivity index (χ3n) is 7.94. The summed E-state index contributed by atoms with van der Waals surface area (Å²) in [4.78, 5) is 10.7. The zero-order valence-electron chi connectivity index (χ0n) is 27.0. The van der Waals surface area contributed by atoms with E-state index in [1.807, 2.05) is 24.3 Å². The Morgan fingerprint density at radius 1 is 0.771 bits per heavy atom. The molecule has 1 aliphatic heterocycles. The minimum absolute atomic E-state index is 0.000718. The number of halogens is 2. The molecule has 1 fully saturated rings. The van der Waals surface area contributed by atoms with E-state index in [1.165, 1.54) is 23.9 Å². The highest BCUT2D eigenvalue weighted by molar-refractivity contribution is 8.14. The summed E-state index contributed by atoms with van der Waals surface area (Å²) in [6.07, 6.45) is 3.07. The van der Waals surface area contributed by atoms with Gasteiger partial charge >= 0.3 is 0 Å². The molecule has 0 radical (unpaired) electrons. The number of rotatable bonds is 9. The number of aromatic nitrogens is 2. The number of fused-ring (bicyclic) bond motifs is 2. The molecule has 0 saturated carbocycles. The predicted molar refractivity (Wildman–Crippen MR) is 191 cm³/mol. The molecule has 0 amide bonds. The van der Waals surface area contributed by atoms with E-state index in [9.17, 15) is 21.2 Å². The third-order valence-corrected chi connectivity index (χ3v) is 13.0. The molecule has 0 bridgehead atoms. The van der Waals surface area contributed by atoms with E-state index in [2.05, 4.69) is 46.6 Å². The summed E-state index contributed by atoms with van der Waals surface area (Å²) in [6.45, 7) is 10.8. The number of benzene rings is 3. The fourth-order valence-corrected chi connectivity index (χ4v) is 8.74. The average molecular weight is 729 g/mol. The van der Waals surface area contributed by atoms with Gasteiger partial charge in [0.2, 0.25) is 10.0 Å². The first-order valence-corrected chi connectivity index (χ1v) is 22.9. The van der Waals surface area contributed by atoms with Gasteiger partial charge in [-0.2, -0.15) is 4.31 Å². The highest BCUT2D eigenvalue weighted by Crippen LogP contribution is 2.32. The van der Waals surface area contributed by atoms with Crippen molar-refractivity contribution < 1.29 is 26.0 Å². The van der Waals surface area contributed by atoms with Gasteiger partial charge in [0.15, 0.2) is 0 Å². The van der Waals surface area contributed by atoms with Crippen molar-refractivity contribution in [2.45, 2.75) is 42.0 Å². The van der Waals surface area contributed by atoms with Crippen LogP contribution in [0.1, 0.15) is 5.56 Å². The average Bonchev–Trinajstić information content (AvgIpc) is 3.05. The normalized spacial score (nSPS) is 14.9. The highest BCUT2D eigenvalue weighted by Gasteiger charge is 2.30. The monoisotopic (exact) mass is 728 g/mol. The lowest BCUT2D eigenvalue weighted by Gasteiger charge is -2.34. The van der Waals surface area contributed by atoms with Crippen LogP contribution in [0.2, 0.25) is 25.7 Å². The van der Waals surface area contributed by atoms with Crippen molar-refractivity contribution in [1.82, 2.24) is 19.2 Å². The lowest BCUT2D eigenvalue weighted by molar-refractivity contribution is 0.181. The Hall–Kier alpha value is -3.46. The van der Waals surface area contributed by atoms with Crippen LogP contribution in [0.4, 0.5) is 4.39 Å². The summed E-state index contributed by atoms with van der Waals surface area (Å²) in [5.41, 5.74) is 1.85. The molecular formula is C34H38ClFN4O5S2Si. The molecule has 0 unspecified atom stereocenters. The van der Waals surface area contributed by atoms with E-state index in [1.54, 1.807) is 28.7 Å². The molecule has 0 spiro atoms. The quantitative estimate of drug-likeness (QED) is 0.121. The molecule has 3 aromatic carbocycles. The molecular weight excluding hydrogens is 691 g/mol. The number of ether oxygens (including phenoxy) is 1. The zero-order chi connectivity index (χ0) is 34.5. The van der Waals surface area contributed by atoms with E-state index in [-0.39, 0.29) is 15.8 Å². The fraction of sp³-hybridized carbons (Fsp3) is 0.294. The molecule has 6 rings (SSSR count). The molecule has 5 aromatic rings. The Morgan fingerprint density at radius 3 is 2.00 bits per heavy atom. The van der Waals surface area contributed by atoms with E-state index in [4.69, 9.17) is 15.4 Å². The molecule has 0 N–H and O–H groups in total. The van der Waals surface area contributed by atoms with Crippen molar-refractivity contribution in [3.8, 4) is 5.75 Å². The van der Waals surface area contributed by atoms with Gasteiger partial charge in [-0.1, -0.05) is 50.0 Å². The lowest BCUT2D eigenvalue weighted by atomic mass is 10.2. The molecule has 0 aliphatic carbocycles. The Balaban J connectivity index is 0.000000250. The maximum atomic E-state index is 13.6. The molecule has 9 nitrogen and oxygen atoms in total. The Bertz CT molecular complexity index is 2110. The molecule has 1 saturated heterocycles. The topological polar surface area (TPSA) is 110 Å². The van der Waals surface area contributed by atoms with Gasteiger partial charge in [0.05, 0.1) is 16.4 Å². The molecule has 14 heteroatoms. The van der Waals surface area contributed by atoms with Crippen molar-refractivity contribution in [3.05, 3.63) is 103 Å². The number of sulfonamides is 1. The van der Waals surface area contributed by atoms with Gasteiger partial charge in [-0.25, -0.2) is 21.2 Å². The van der Waals surface area contributed by atoms with Crippen LogP contribution in [-0.2, 0) is 25.6 Å². The van der Waals surface area contributed by atoms with E-state index < -0.39 is 33.0 Å². The smallest absolute Gasteiger partial charge is 0.261 e. The number of piperazine rings is 1. The Kier molecular flexibility index (Phi) is 11.2. The summed E-state index contributed by atoms with van der Waals surface area (Å²) in [6, 6.07) is 23.5. The minimum atomic E-state index is -3.88. The van der Waals surface area contributed by atoms with Crippen LogP contribution in [0.5, 0.6) is 5.75 Å². The van der Waals surface area contributed by atoms with Crippen LogP contribution in [0.15, 0.2) is 101 Å². The van der Waals surface area contributed by atoms with Gasteiger partial charge in [-0.15, -0.1) is 0 Å². The Labute approximate surface area is 286 Å². The maximum Gasteiger partial charge on any atom is 0.261 e. The maximum absolute atomic E-state index is 13.6. The summed E-state index contributed by atoms with van der Waals surface area (Å²) in [7, 11) is -3.52. The standard InChI is InChI=1S/C25H33N3O3SSi.C9H5ClFNO2S/c1-33(2,3)19-18-31-23-11-12-24(22-10-7-13-26-25(22)23)32(29,30)28-16-14-27(15-17-28)20-21-8-5-4-6-9-21;10-15(13,14)8-4-3-7(11)9-6(8)2-1-5-12-9/h4-13H,14-20H2,1-3H3;1-5H. The van der Waals surface area contributed by atoms with E-state index in [0.717, 1.165) is 24.7 Å². The largest absolute Gasteiger partial charge is 0.492 e. The second kappa shape index (κ2) is 15.0. The summed E-state index contributed by atoms with van der Waals surface area (Å²) in [5, 5.41) is 0.808. The van der Waals surface area contributed by atoms with Crippen molar-refractivity contribution in [1.29, 1.82) is 0 Å². The number of hydrogen-bond donors (Lipinski definition) is 0. The lowest BCUT2D eigenvalue weighted by Crippen LogP contribution is -2.48. The third kappa shape index (κ3) is 8.76. The first-order valence-electron chi connectivity index (χ1n) is 15.5. The predicted octanol–water partition coefficient (Wildman–Crippen LogP) is 6.76. The number of nitrogens with zero attached hydrogens (tertiary/aromatic N) is 4. The summed E-state index contributed by atoms with van der Waals surface area (Å²) >= 11 is 0. The molecule has 3 heterocycles.